The molecule has 0 N–H and O–H groups in total. The highest BCUT2D eigenvalue weighted by molar-refractivity contribution is 6.30. The zero-order chi connectivity index (χ0) is 15.8. The van der Waals surface area contributed by atoms with Gasteiger partial charge >= 0.3 is 11.9 Å². The standard InChI is InChI=1S/C14H15ClN2O4/c1-3-20-12(18)6-5-11-10(14(19)21-4-2)7-9(8-16)13(15)17-11/h7H,3-6H2,1-2H3. The summed E-state index contributed by atoms with van der Waals surface area (Å²) < 4.78 is 9.73. The number of carbonyl (C=O) groups is 2. The molecule has 0 saturated carbocycles. The molecular formula is C14H15ClN2O4. The van der Waals surface area contributed by atoms with E-state index >= 15 is 0 Å². The molecule has 0 spiro atoms. The number of pyridine rings is 1. The van der Waals surface area contributed by atoms with Crippen molar-refractivity contribution in [3.63, 3.8) is 0 Å². The summed E-state index contributed by atoms with van der Waals surface area (Å²) in [6.07, 6.45) is 0.244. The fourth-order valence-electron chi connectivity index (χ4n) is 1.63. The molecule has 112 valence electrons. The minimum Gasteiger partial charge on any atom is -0.466 e. The van der Waals surface area contributed by atoms with Crippen molar-refractivity contribution in [3.05, 3.63) is 28.0 Å². The van der Waals surface area contributed by atoms with Gasteiger partial charge in [-0.3, -0.25) is 4.79 Å². The van der Waals surface area contributed by atoms with Gasteiger partial charge in [-0.2, -0.15) is 5.26 Å². The molecule has 1 heterocycles. The average molecular weight is 311 g/mol. The average Bonchev–Trinajstić information content (AvgIpc) is 2.45. The van der Waals surface area contributed by atoms with Crippen molar-refractivity contribution in [1.82, 2.24) is 4.98 Å². The number of ether oxygens (including phenoxy) is 2. The van der Waals surface area contributed by atoms with Gasteiger partial charge < -0.3 is 9.47 Å². The van der Waals surface area contributed by atoms with Crippen LogP contribution in [0.5, 0.6) is 0 Å². The lowest BCUT2D eigenvalue weighted by atomic mass is 10.1. The summed E-state index contributed by atoms with van der Waals surface area (Å²) in [5.74, 6) is -0.994. The lowest BCUT2D eigenvalue weighted by Gasteiger charge is -2.09. The molecule has 0 aromatic carbocycles. The predicted molar refractivity (Wildman–Crippen MR) is 74.9 cm³/mol. The van der Waals surface area contributed by atoms with Crippen molar-refractivity contribution in [1.29, 1.82) is 5.26 Å². The van der Waals surface area contributed by atoms with Gasteiger partial charge in [0.05, 0.1) is 36.5 Å². The molecule has 0 radical (unpaired) electrons. The van der Waals surface area contributed by atoms with E-state index in [1.54, 1.807) is 13.8 Å². The van der Waals surface area contributed by atoms with E-state index in [9.17, 15) is 9.59 Å². The summed E-state index contributed by atoms with van der Waals surface area (Å²) in [6, 6.07) is 3.18. The van der Waals surface area contributed by atoms with E-state index < -0.39 is 11.9 Å². The van der Waals surface area contributed by atoms with Gasteiger partial charge in [0.25, 0.3) is 0 Å². The van der Waals surface area contributed by atoms with Crippen LogP contribution in [0.3, 0.4) is 0 Å². The Bertz CT molecular complexity index is 581. The van der Waals surface area contributed by atoms with Gasteiger partial charge in [0.15, 0.2) is 0 Å². The molecule has 0 aliphatic rings. The minimum absolute atomic E-state index is 0.00981. The maximum Gasteiger partial charge on any atom is 0.340 e. The van der Waals surface area contributed by atoms with E-state index in [0.717, 1.165) is 0 Å². The molecule has 0 atom stereocenters. The first kappa shape index (κ1) is 16.9. The Balaban J connectivity index is 3.05. The van der Waals surface area contributed by atoms with Crippen LogP contribution >= 0.6 is 11.6 Å². The highest BCUT2D eigenvalue weighted by Crippen LogP contribution is 2.19. The molecule has 0 fully saturated rings. The van der Waals surface area contributed by atoms with Crippen LogP contribution in [-0.2, 0) is 20.7 Å². The van der Waals surface area contributed by atoms with Crippen molar-refractivity contribution in [2.75, 3.05) is 13.2 Å². The normalized spacial score (nSPS) is 9.81. The molecule has 0 bridgehead atoms. The topological polar surface area (TPSA) is 89.3 Å². The molecule has 0 saturated heterocycles. The van der Waals surface area contributed by atoms with E-state index in [-0.39, 0.29) is 42.3 Å². The second-order valence-corrected chi connectivity index (χ2v) is 4.32. The number of nitriles is 1. The molecule has 0 aliphatic heterocycles. The fourth-order valence-corrected chi connectivity index (χ4v) is 1.83. The smallest absolute Gasteiger partial charge is 0.340 e. The number of aryl methyl sites for hydroxylation is 1. The third-order valence-electron chi connectivity index (χ3n) is 2.54. The number of rotatable bonds is 6. The van der Waals surface area contributed by atoms with Gasteiger partial charge in [0.2, 0.25) is 0 Å². The summed E-state index contributed by atoms with van der Waals surface area (Å²) >= 11 is 5.86. The largest absolute Gasteiger partial charge is 0.466 e. The molecule has 1 rings (SSSR count). The predicted octanol–water partition coefficient (Wildman–Crippen LogP) is 2.28. The van der Waals surface area contributed by atoms with E-state index in [0.29, 0.717) is 5.69 Å². The first-order chi connectivity index (χ1) is 10.0. The van der Waals surface area contributed by atoms with Crippen molar-refractivity contribution >= 4 is 23.5 Å². The second-order valence-electron chi connectivity index (χ2n) is 3.96. The highest BCUT2D eigenvalue weighted by Gasteiger charge is 2.18. The summed E-state index contributed by atoms with van der Waals surface area (Å²) in [7, 11) is 0. The monoisotopic (exact) mass is 310 g/mol. The molecule has 1 aromatic heterocycles. The summed E-state index contributed by atoms with van der Waals surface area (Å²) in [5, 5.41) is 8.92. The quantitative estimate of drug-likeness (QED) is 0.591. The molecule has 1 aromatic rings. The first-order valence-electron chi connectivity index (χ1n) is 6.45. The van der Waals surface area contributed by atoms with Crippen molar-refractivity contribution in [2.45, 2.75) is 26.7 Å². The number of nitrogens with zero attached hydrogens (tertiary/aromatic N) is 2. The zero-order valence-electron chi connectivity index (χ0n) is 11.8. The summed E-state index contributed by atoms with van der Waals surface area (Å²) in [4.78, 5) is 27.3. The number of aromatic nitrogens is 1. The molecule has 0 amide bonds. The van der Waals surface area contributed by atoms with Crippen molar-refractivity contribution in [3.8, 4) is 6.07 Å². The van der Waals surface area contributed by atoms with Crippen LogP contribution in [0.25, 0.3) is 0 Å². The van der Waals surface area contributed by atoms with Gasteiger partial charge in [-0.15, -0.1) is 0 Å². The maximum atomic E-state index is 11.9. The summed E-state index contributed by atoms with van der Waals surface area (Å²) in [6.45, 7) is 3.86. The highest BCUT2D eigenvalue weighted by atomic mass is 35.5. The second kappa shape index (κ2) is 8.22. The SMILES string of the molecule is CCOC(=O)CCc1nc(Cl)c(C#N)cc1C(=O)OCC. The molecule has 6 nitrogen and oxygen atoms in total. The zero-order valence-corrected chi connectivity index (χ0v) is 12.6. The van der Waals surface area contributed by atoms with Crippen molar-refractivity contribution < 1.29 is 19.1 Å². The lowest BCUT2D eigenvalue weighted by Crippen LogP contribution is -2.13. The third-order valence-corrected chi connectivity index (χ3v) is 2.83. The van der Waals surface area contributed by atoms with Crippen molar-refractivity contribution in [2.24, 2.45) is 0 Å². The van der Waals surface area contributed by atoms with Crippen LogP contribution in [-0.4, -0.2) is 30.1 Å². The number of halogens is 1. The maximum absolute atomic E-state index is 11.9. The van der Waals surface area contributed by atoms with Crippen LogP contribution in [0, 0.1) is 11.3 Å². The van der Waals surface area contributed by atoms with Gasteiger partial charge in [-0.1, -0.05) is 11.6 Å². The Hall–Kier alpha value is -2.13. The van der Waals surface area contributed by atoms with E-state index in [1.165, 1.54) is 6.07 Å². The van der Waals surface area contributed by atoms with E-state index in [1.807, 2.05) is 6.07 Å². The Labute approximate surface area is 127 Å². The number of hydrogen-bond donors (Lipinski definition) is 0. The fraction of sp³-hybridized carbons (Fsp3) is 0.429. The lowest BCUT2D eigenvalue weighted by molar-refractivity contribution is -0.143. The van der Waals surface area contributed by atoms with Crippen LogP contribution in [0.15, 0.2) is 6.07 Å². The molecule has 0 aliphatic carbocycles. The number of carbonyl (C=O) groups excluding carboxylic acids is 2. The first-order valence-corrected chi connectivity index (χ1v) is 6.83. The van der Waals surface area contributed by atoms with Crippen LogP contribution in [0.2, 0.25) is 5.15 Å². The molecule has 7 heteroatoms. The van der Waals surface area contributed by atoms with Gasteiger partial charge in [-0.25, -0.2) is 9.78 Å². The number of hydrogen-bond acceptors (Lipinski definition) is 6. The third kappa shape index (κ3) is 4.72. The Morgan fingerprint density at radius 3 is 2.57 bits per heavy atom. The Morgan fingerprint density at radius 1 is 1.33 bits per heavy atom. The van der Waals surface area contributed by atoms with Crippen LogP contribution in [0.1, 0.15) is 41.9 Å². The van der Waals surface area contributed by atoms with Crippen LogP contribution < -0.4 is 0 Å². The van der Waals surface area contributed by atoms with Gasteiger partial charge in [-0.05, 0) is 19.9 Å². The molecular weight excluding hydrogens is 296 g/mol. The van der Waals surface area contributed by atoms with Gasteiger partial charge in [0.1, 0.15) is 11.2 Å². The number of esters is 2. The Morgan fingerprint density at radius 2 is 2.00 bits per heavy atom. The molecule has 0 unspecified atom stereocenters. The summed E-state index contributed by atoms with van der Waals surface area (Å²) in [5.41, 5.74) is 0.534. The molecule has 21 heavy (non-hydrogen) atoms. The minimum atomic E-state index is -0.600. The van der Waals surface area contributed by atoms with Gasteiger partial charge in [0, 0.05) is 6.42 Å². The van der Waals surface area contributed by atoms with E-state index in [4.69, 9.17) is 26.3 Å². The Kier molecular flexibility index (Phi) is 6.63. The van der Waals surface area contributed by atoms with Crippen LogP contribution in [0.4, 0.5) is 0 Å². The van der Waals surface area contributed by atoms with E-state index in [2.05, 4.69) is 4.98 Å².